The summed E-state index contributed by atoms with van der Waals surface area (Å²) in [6.07, 6.45) is 3.86. The molecule has 0 aliphatic heterocycles. The van der Waals surface area contributed by atoms with Crippen LogP contribution in [-0.2, 0) is 9.59 Å². The smallest absolute Gasteiger partial charge is 0.303 e. The minimum absolute atomic E-state index is 0.0640. The standard InChI is InChI=1S/C16H32N2O3/c1-15(2,9-11-17)7-5-13(19)18-12-10-16(3,4)8-6-14(20)21/h5-12,17H2,1-4H3,(H,18,19)(H,20,21). The number of carbonyl (C=O) groups is 2. The fourth-order valence-electron chi connectivity index (χ4n) is 2.17. The highest BCUT2D eigenvalue weighted by atomic mass is 16.4. The minimum atomic E-state index is -0.769. The first-order valence-electron chi connectivity index (χ1n) is 7.76. The van der Waals surface area contributed by atoms with E-state index in [-0.39, 0.29) is 23.2 Å². The van der Waals surface area contributed by atoms with Crippen LogP contribution in [0.4, 0.5) is 0 Å². The van der Waals surface area contributed by atoms with Crippen molar-refractivity contribution in [2.45, 2.75) is 66.2 Å². The normalized spacial score (nSPS) is 12.2. The van der Waals surface area contributed by atoms with Crippen molar-refractivity contribution >= 4 is 11.9 Å². The Balaban J connectivity index is 3.91. The predicted molar refractivity (Wildman–Crippen MR) is 85.0 cm³/mol. The summed E-state index contributed by atoms with van der Waals surface area (Å²) in [5.41, 5.74) is 5.60. The molecular formula is C16H32N2O3. The van der Waals surface area contributed by atoms with Gasteiger partial charge in [-0.3, -0.25) is 9.59 Å². The zero-order valence-corrected chi connectivity index (χ0v) is 14.0. The Hall–Kier alpha value is -1.10. The van der Waals surface area contributed by atoms with Gasteiger partial charge in [0.2, 0.25) is 5.91 Å². The molecule has 1 amide bonds. The maximum atomic E-state index is 11.8. The summed E-state index contributed by atoms with van der Waals surface area (Å²) in [5, 5.41) is 11.6. The summed E-state index contributed by atoms with van der Waals surface area (Å²) in [7, 11) is 0. The zero-order chi connectivity index (χ0) is 16.5. The van der Waals surface area contributed by atoms with Crippen molar-refractivity contribution in [3.05, 3.63) is 0 Å². The monoisotopic (exact) mass is 300 g/mol. The lowest BCUT2D eigenvalue weighted by atomic mass is 9.84. The van der Waals surface area contributed by atoms with Crippen LogP contribution in [0, 0.1) is 10.8 Å². The molecule has 5 heteroatoms. The Morgan fingerprint density at radius 3 is 2.00 bits per heavy atom. The molecule has 0 bridgehead atoms. The highest BCUT2D eigenvalue weighted by Crippen LogP contribution is 2.27. The third-order valence-electron chi connectivity index (χ3n) is 3.99. The first-order chi connectivity index (χ1) is 9.58. The second-order valence-electron chi connectivity index (χ2n) is 7.36. The predicted octanol–water partition coefficient (Wildman–Crippen LogP) is 2.54. The molecule has 124 valence electrons. The lowest BCUT2D eigenvalue weighted by molar-refractivity contribution is -0.137. The van der Waals surface area contributed by atoms with Crippen LogP contribution in [0.25, 0.3) is 0 Å². The quantitative estimate of drug-likeness (QED) is 0.546. The summed E-state index contributed by atoms with van der Waals surface area (Å²) in [5.74, 6) is -0.705. The molecule has 0 rings (SSSR count). The lowest BCUT2D eigenvalue weighted by Gasteiger charge is -2.25. The number of carboxylic acid groups (broad SMARTS) is 1. The van der Waals surface area contributed by atoms with Gasteiger partial charge in [0.05, 0.1) is 0 Å². The molecule has 0 heterocycles. The van der Waals surface area contributed by atoms with E-state index in [0.717, 1.165) is 19.3 Å². The molecule has 5 nitrogen and oxygen atoms in total. The van der Waals surface area contributed by atoms with Crippen LogP contribution in [-0.4, -0.2) is 30.1 Å². The van der Waals surface area contributed by atoms with Crippen molar-refractivity contribution in [2.24, 2.45) is 16.6 Å². The van der Waals surface area contributed by atoms with Crippen LogP contribution < -0.4 is 11.1 Å². The van der Waals surface area contributed by atoms with Gasteiger partial charge in [0, 0.05) is 19.4 Å². The number of hydrogen-bond donors (Lipinski definition) is 3. The fraction of sp³-hybridized carbons (Fsp3) is 0.875. The van der Waals surface area contributed by atoms with Crippen molar-refractivity contribution in [1.82, 2.24) is 5.32 Å². The molecular weight excluding hydrogens is 268 g/mol. The summed E-state index contributed by atoms with van der Waals surface area (Å²) in [6, 6.07) is 0. The number of amides is 1. The van der Waals surface area contributed by atoms with Crippen LogP contribution in [0.2, 0.25) is 0 Å². The molecule has 0 fully saturated rings. The molecule has 0 aliphatic carbocycles. The van der Waals surface area contributed by atoms with Gasteiger partial charge in [-0.2, -0.15) is 0 Å². The van der Waals surface area contributed by atoms with Crippen LogP contribution in [0.3, 0.4) is 0 Å². The van der Waals surface area contributed by atoms with Gasteiger partial charge in [0.1, 0.15) is 0 Å². The number of nitrogens with one attached hydrogen (secondary N) is 1. The maximum Gasteiger partial charge on any atom is 0.303 e. The average molecular weight is 300 g/mol. The lowest BCUT2D eigenvalue weighted by Crippen LogP contribution is -2.29. The summed E-state index contributed by atoms with van der Waals surface area (Å²) < 4.78 is 0. The van der Waals surface area contributed by atoms with E-state index in [1.54, 1.807) is 0 Å². The highest BCUT2D eigenvalue weighted by molar-refractivity contribution is 5.75. The molecule has 0 aromatic rings. The Labute approximate surface area is 128 Å². The summed E-state index contributed by atoms with van der Waals surface area (Å²) >= 11 is 0. The SMILES string of the molecule is CC(C)(CCNC(=O)CCC(C)(C)CCN)CCC(=O)O. The van der Waals surface area contributed by atoms with E-state index in [0.29, 0.717) is 25.9 Å². The molecule has 0 saturated heterocycles. The number of rotatable bonds is 11. The topological polar surface area (TPSA) is 92.4 Å². The van der Waals surface area contributed by atoms with E-state index in [2.05, 4.69) is 19.2 Å². The number of carboxylic acids is 1. The molecule has 0 radical (unpaired) electrons. The van der Waals surface area contributed by atoms with Crippen molar-refractivity contribution < 1.29 is 14.7 Å². The van der Waals surface area contributed by atoms with Crippen LogP contribution in [0.5, 0.6) is 0 Å². The maximum absolute atomic E-state index is 11.8. The molecule has 4 N–H and O–H groups in total. The van der Waals surface area contributed by atoms with E-state index >= 15 is 0 Å². The van der Waals surface area contributed by atoms with Crippen LogP contribution in [0.15, 0.2) is 0 Å². The minimum Gasteiger partial charge on any atom is -0.481 e. The second-order valence-corrected chi connectivity index (χ2v) is 7.36. The Bertz CT molecular complexity index is 338. The number of carbonyl (C=O) groups excluding carboxylic acids is 1. The third kappa shape index (κ3) is 11.3. The van der Waals surface area contributed by atoms with Crippen LogP contribution >= 0.6 is 0 Å². The summed E-state index contributed by atoms with van der Waals surface area (Å²) in [4.78, 5) is 22.4. The van der Waals surface area contributed by atoms with Gasteiger partial charge in [0.25, 0.3) is 0 Å². The van der Waals surface area contributed by atoms with Crippen molar-refractivity contribution in [1.29, 1.82) is 0 Å². The van der Waals surface area contributed by atoms with E-state index in [1.165, 1.54) is 0 Å². The Morgan fingerprint density at radius 2 is 1.48 bits per heavy atom. The van der Waals surface area contributed by atoms with E-state index in [9.17, 15) is 9.59 Å². The molecule has 0 spiro atoms. The van der Waals surface area contributed by atoms with Crippen molar-refractivity contribution in [2.75, 3.05) is 13.1 Å². The fourth-order valence-corrected chi connectivity index (χ4v) is 2.17. The number of hydrogen-bond acceptors (Lipinski definition) is 3. The van der Waals surface area contributed by atoms with Gasteiger partial charge in [-0.15, -0.1) is 0 Å². The van der Waals surface area contributed by atoms with Gasteiger partial charge in [-0.05, 0) is 43.1 Å². The number of aliphatic carboxylic acids is 1. The van der Waals surface area contributed by atoms with Gasteiger partial charge in [0.15, 0.2) is 0 Å². The molecule has 0 saturated carbocycles. The van der Waals surface area contributed by atoms with Crippen molar-refractivity contribution in [3.63, 3.8) is 0 Å². The van der Waals surface area contributed by atoms with Gasteiger partial charge < -0.3 is 16.2 Å². The average Bonchev–Trinajstić information content (AvgIpc) is 2.34. The molecule has 0 aromatic carbocycles. The number of nitrogens with two attached hydrogens (primary N) is 1. The second kappa shape index (κ2) is 9.03. The first-order valence-corrected chi connectivity index (χ1v) is 7.76. The Morgan fingerprint density at radius 1 is 0.952 bits per heavy atom. The third-order valence-corrected chi connectivity index (χ3v) is 3.99. The molecule has 0 atom stereocenters. The largest absolute Gasteiger partial charge is 0.481 e. The van der Waals surface area contributed by atoms with Gasteiger partial charge in [-0.25, -0.2) is 0 Å². The molecule has 0 unspecified atom stereocenters. The summed E-state index contributed by atoms with van der Waals surface area (Å²) in [6.45, 7) is 9.57. The molecule has 0 aromatic heterocycles. The van der Waals surface area contributed by atoms with Gasteiger partial charge >= 0.3 is 5.97 Å². The van der Waals surface area contributed by atoms with Crippen molar-refractivity contribution in [3.8, 4) is 0 Å². The molecule has 0 aliphatic rings. The van der Waals surface area contributed by atoms with E-state index < -0.39 is 5.97 Å². The first kappa shape index (κ1) is 19.9. The Kier molecular flexibility index (Phi) is 8.55. The molecule has 21 heavy (non-hydrogen) atoms. The zero-order valence-electron chi connectivity index (χ0n) is 14.0. The van der Waals surface area contributed by atoms with E-state index in [4.69, 9.17) is 10.8 Å². The van der Waals surface area contributed by atoms with E-state index in [1.807, 2.05) is 13.8 Å². The van der Waals surface area contributed by atoms with Crippen LogP contribution in [0.1, 0.15) is 66.2 Å². The van der Waals surface area contributed by atoms with Gasteiger partial charge in [-0.1, -0.05) is 27.7 Å². The highest BCUT2D eigenvalue weighted by Gasteiger charge is 2.20.